The van der Waals surface area contributed by atoms with E-state index in [0.29, 0.717) is 12.5 Å². The maximum atomic E-state index is 11.8. The maximum Gasteiger partial charge on any atom is 0.323 e. The number of nitrogens with zero attached hydrogens (tertiary/aromatic N) is 2. The van der Waals surface area contributed by atoms with Gasteiger partial charge >= 0.3 is 5.97 Å². The van der Waals surface area contributed by atoms with Crippen LogP contribution in [0.4, 0.5) is 0 Å². The molecule has 1 aliphatic rings. The van der Waals surface area contributed by atoms with Crippen LogP contribution < -0.4 is 0 Å². The molecule has 6 nitrogen and oxygen atoms in total. The Labute approximate surface area is 100 Å². The molecule has 0 heterocycles. The molecule has 2 amide bonds. The van der Waals surface area contributed by atoms with Gasteiger partial charge < -0.3 is 14.9 Å². The van der Waals surface area contributed by atoms with E-state index in [9.17, 15) is 14.4 Å². The molecule has 1 aliphatic carbocycles. The van der Waals surface area contributed by atoms with Crippen LogP contribution in [0.3, 0.4) is 0 Å². The molecule has 0 aliphatic heterocycles. The van der Waals surface area contributed by atoms with Crippen molar-refractivity contribution in [1.29, 1.82) is 0 Å². The number of carbonyl (C=O) groups excluding carboxylic acids is 2. The molecular formula is C11H18N2O4. The lowest BCUT2D eigenvalue weighted by molar-refractivity contribution is -0.146. The van der Waals surface area contributed by atoms with Crippen LogP contribution in [0.2, 0.25) is 0 Å². The highest BCUT2D eigenvalue weighted by atomic mass is 16.4. The second-order valence-corrected chi connectivity index (χ2v) is 4.49. The van der Waals surface area contributed by atoms with Crippen LogP contribution in [0.1, 0.15) is 19.8 Å². The summed E-state index contributed by atoms with van der Waals surface area (Å²) in [7, 11) is 1.52. The van der Waals surface area contributed by atoms with Crippen molar-refractivity contribution in [2.45, 2.75) is 19.8 Å². The third-order valence-electron chi connectivity index (χ3n) is 2.76. The van der Waals surface area contributed by atoms with Gasteiger partial charge in [-0.2, -0.15) is 0 Å². The fourth-order valence-corrected chi connectivity index (χ4v) is 1.44. The molecule has 0 spiro atoms. The van der Waals surface area contributed by atoms with E-state index >= 15 is 0 Å². The lowest BCUT2D eigenvalue weighted by Crippen LogP contribution is -2.43. The lowest BCUT2D eigenvalue weighted by Gasteiger charge is -2.23. The third-order valence-corrected chi connectivity index (χ3v) is 2.76. The summed E-state index contributed by atoms with van der Waals surface area (Å²) >= 11 is 0. The van der Waals surface area contributed by atoms with Gasteiger partial charge in [-0.1, -0.05) is 0 Å². The summed E-state index contributed by atoms with van der Waals surface area (Å²) in [5.74, 6) is -1.11. The van der Waals surface area contributed by atoms with Gasteiger partial charge in [0.05, 0.1) is 6.54 Å². The second kappa shape index (κ2) is 5.65. The van der Waals surface area contributed by atoms with E-state index in [4.69, 9.17) is 5.11 Å². The quantitative estimate of drug-likeness (QED) is 0.699. The number of carboxylic acid groups (broad SMARTS) is 1. The van der Waals surface area contributed by atoms with Crippen molar-refractivity contribution in [1.82, 2.24) is 9.80 Å². The van der Waals surface area contributed by atoms with Gasteiger partial charge in [0.1, 0.15) is 6.54 Å². The zero-order chi connectivity index (χ0) is 13.0. The predicted molar refractivity (Wildman–Crippen MR) is 60.3 cm³/mol. The topological polar surface area (TPSA) is 77.9 Å². The molecule has 0 bridgehead atoms. The fourth-order valence-electron chi connectivity index (χ4n) is 1.44. The molecule has 0 aromatic heterocycles. The molecule has 0 radical (unpaired) electrons. The van der Waals surface area contributed by atoms with E-state index in [1.54, 1.807) is 0 Å². The Bertz CT molecular complexity index is 325. The maximum absolute atomic E-state index is 11.8. The highest BCUT2D eigenvalue weighted by Gasteiger charge is 2.28. The number of hydrogen-bond acceptors (Lipinski definition) is 3. The molecular weight excluding hydrogens is 224 g/mol. The number of carbonyl (C=O) groups is 3. The summed E-state index contributed by atoms with van der Waals surface area (Å²) in [6, 6.07) is 0. The van der Waals surface area contributed by atoms with Crippen LogP contribution in [0.15, 0.2) is 0 Å². The Morgan fingerprint density at radius 3 is 2.24 bits per heavy atom. The van der Waals surface area contributed by atoms with Crippen LogP contribution in [-0.2, 0) is 14.4 Å². The number of rotatable bonds is 6. The van der Waals surface area contributed by atoms with Gasteiger partial charge in [-0.05, 0) is 18.8 Å². The third kappa shape index (κ3) is 4.84. The lowest BCUT2D eigenvalue weighted by atomic mass is 10.3. The van der Waals surface area contributed by atoms with Crippen molar-refractivity contribution in [3.8, 4) is 0 Å². The van der Waals surface area contributed by atoms with Crippen LogP contribution in [0.25, 0.3) is 0 Å². The summed E-state index contributed by atoms with van der Waals surface area (Å²) < 4.78 is 0. The van der Waals surface area contributed by atoms with Gasteiger partial charge in [-0.25, -0.2) is 0 Å². The number of carboxylic acids is 1. The van der Waals surface area contributed by atoms with E-state index in [0.717, 1.165) is 12.8 Å². The molecule has 0 aromatic rings. The first-order chi connectivity index (χ1) is 7.90. The van der Waals surface area contributed by atoms with E-state index in [1.165, 1.54) is 23.8 Å². The molecule has 0 atom stereocenters. The minimum Gasteiger partial charge on any atom is -0.480 e. The largest absolute Gasteiger partial charge is 0.480 e. The first kappa shape index (κ1) is 13.5. The summed E-state index contributed by atoms with van der Waals surface area (Å²) in [5.41, 5.74) is 0. The predicted octanol–water partition coefficient (Wildman–Crippen LogP) is -0.212. The number of aliphatic carboxylic acids is 1. The number of hydrogen-bond donors (Lipinski definition) is 1. The van der Waals surface area contributed by atoms with E-state index in [2.05, 4.69) is 0 Å². The Kier molecular flexibility index (Phi) is 4.48. The summed E-state index contributed by atoms with van der Waals surface area (Å²) in [4.78, 5) is 36.1. The first-order valence-electron chi connectivity index (χ1n) is 5.61. The molecule has 0 aromatic carbocycles. The normalized spacial score (nSPS) is 14.2. The summed E-state index contributed by atoms with van der Waals surface area (Å²) in [5, 5.41) is 8.73. The van der Waals surface area contributed by atoms with Gasteiger partial charge in [0.15, 0.2) is 0 Å². The van der Waals surface area contributed by atoms with E-state index < -0.39 is 5.97 Å². The van der Waals surface area contributed by atoms with Crippen molar-refractivity contribution in [2.24, 2.45) is 5.92 Å². The average molecular weight is 242 g/mol. The van der Waals surface area contributed by atoms with Crippen molar-refractivity contribution in [3.63, 3.8) is 0 Å². The molecule has 1 rings (SSSR count). The van der Waals surface area contributed by atoms with Crippen LogP contribution in [-0.4, -0.2) is 59.4 Å². The van der Waals surface area contributed by atoms with Gasteiger partial charge in [-0.15, -0.1) is 0 Å². The van der Waals surface area contributed by atoms with E-state index in [-0.39, 0.29) is 24.9 Å². The molecule has 1 fully saturated rings. The molecule has 17 heavy (non-hydrogen) atoms. The fraction of sp³-hybridized carbons (Fsp3) is 0.727. The molecule has 1 N–H and O–H groups in total. The Hall–Kier alpha value is -1.59. The Morgan fingerprint density at radius 2 is 1.82 bits per heavy atom. The Morgan fingerprint density at radius 1 is 1.24 bits per heavy atom. The first-order valence-corrected chi connectivity index (χ1v) is 5.61. The molecule has 1 saturated carbocycles. The zero-order valence-electron chi connectivity index (χ0n) is 10.2. The smallest absolute Gasteiger partial charge is 0.323 e. The highest BCUT2D eigenvalue weighted by molar-refractivity contribution is 5.86. The van der Waals surface area contributed by atoms with Gasteiger partial charge in [0, 0.05) is 20.5 Å². The number of likely N-dealkylation sites (N-methyl/N-ethyl adjacent to an activating group) is 1. The molecule has 0 unspecified atom stereocenters. The zero-order valence-corrected chi connectivity index (χ0v) is 10.2. The van der Waals surface area contributed by atoms with Crippen LogP contribution >= 0.6 is 0 Å². The van der Waals surface area contributed by atoms with Crippen molar-refractivity contribution < 1.29 is 19.5 Å². The van der Waals surface area contributed by atoms with E-state index in [1.807, 2.05) is 0 Å². The second-order valence-electron chi connectivity index (χ2n) is 4.49. The SMILES string of the molecule is CC(=O)N(C)CC(=O)N(CC(=O)O)CC1CC1. The van der Waals surface area contributed by atoms with Gasteiger partial charge in [-0.3, -0.25) is 14.4 Å². The Balaban J connectivity index is 2.51. The average Bonchev–Trinajstić information content (AvgIpc) is 2.99. The highest BCUT2D eigenvalue weighted by Crippen LogP contribution is 2.29. The minimum absolute atomic E-state index is 0.0602. The van der Waals surface area contributed by atoms with Crippen LogP contribution in [0.5, 0.6) is 0 Å². The summed E-state index contributed by atoms with van der Waals surface area (Å²) in [6.07, 6.45) is 2.10. The van der Waals surface area contributed by atoms with Crippen molar-refractivity contribution in [3.05, 3.63) is 0 Å². The molecule has 0 saturated heterocycles. The standard InChI is InChI=1S/C11H18N2O4/c1-8(14)12(2)6-10(15)13(7-11(16)17)5-9-3-4-9/h9H,3-7H2,1-2H3,(H,16,17). The molecule has 6 heteroatoms. The monoisotopic (exact) mass is 242 g/mol. The number of amides is 2. The summed E-state index contributed by atoms with van der Waals surface area (Å²) in [6.45, 7) is 1.50. The van der Waals surface area contributed by atoms with Crippen molar-refractivity contribution >= 4 is 17.8 Å². The molecule has 96 valence electrons. The van der Waals surface area contributed by atoms with Gasteiger partial charge in [0.25, 0.3) is 0 Å². The van der Waals surface area contributed by atoms with Crippen LogP contribution in [0, 0.1) is 5.92 Å². The van der Waals surface area contributed by atoms with Crippen molar-refractivity contribution in [2.75, 3.05) is 26.7 Å². The minimum atomic E-state index is -1.02. The van der Waals surface area contributed by atoms with Gasteiger partial charge in [0.2, 0.25) is 11.8 Å².